The fraction of sp³-hybridized carbons (Fsp3) is 0.611. The highest BCUT2D eigenvalue weighted by atomic mass is 16.2. The molecule has 21 heavy (non-hydrogen) atoms. The molecular formula is C18H26N2O. The van der Waals surface area contributed by atoms with E-state index in [0.717, 1.165) is 26.1 Å². The second kappa shape index (κ2) is 6.61. The summed E-state index contributed by atoms with van der Waals surface area (Å²) in [4.78, 5) is 14.8. The lowest BCUT2D eigenvalue weighted by Gasteiger charge is -2.27. The molecule has 1 saturated carbocycles. The van der Waals surface area contributed by atoms with Crippen molar-refractivity contribution in [3.63, 3.8) is 0 Å². The van der Waals surface area contributed by atoms with Gasteiger partial charge in [0.1, 0.15) is 0 Å². The lowest BCUT2D eigenvalue weighted by atomic mass is 9.95. The number of amides is 1. The average Bonchev–Trinajstić information content (AvgIpc) is 3.30. The van der Waals surface area contributed by atoms with E-state index in [9.17, 15) is 4.79 Å². The number of carbonyl (C=O) groups is 1. The Morgan fingerprint density at radius 1 is 1.33 bits per heavy atom. The molecule has 1 aliphatic carbocycles. The zero-order chi connectivity index (χ0) is 14.7. The fourth-order valence-electron chi connectivity index (χ4n) is 3.28. The molecule has 1 aliphatic heterocycles. The minimum Gasteiger partial charge on any atom is -0.335 e. The van der Waals surface area contributed by atoms with Crippen LogP contribution in [0.2, 0.25) is 0 Å². The van der Waals surface area contributed by atoms with Crippen molar-refractivity contribution in [1.82, 2.24) is 10.2 Å². The molecule has 1 aromatic carbocycles. The van der Waals surface area contributed by atoms with Crippen LogP contribution < -0.4 is 5.32 Å². The summed E-state index contributed by atoms with van der Waals surface area (Å²) in [6, 6.07) is 9.03. The lowest BCUT2D eigenvalue weighted by Crippen LogP contribution is -2.37. The van der Waals surface area contributed by atoms with Crippen molar-refractivity contribution in [2.24, 2.45) is 5.92 Å². The molecule has 3 heteroatoms. The first kappa shape index (κ1) is 14.6. The Hall–Kier alpha value is -1.35. The topological polar surface area (TPSA) is 32.3 Å². The van der Waals surface area contributed by atoms with E-state index in [4.69, 9.17) is 0 Å². The number of piperidine rings is 1. The van der Waals surface area contributed by atoms with E-state index < -0.39 is 0 Å². The molecule has 3 rings (SSSR count). The number of hydrogen-bond donors (Lipinski definition) is 1. The van der Waals surface area contributed by atoms with Crippen molar-refractivity contribution in [2.75, 3.05) is 13.1 Å². The molecule has 114 valence electrons. The predicted molar refractivity (Wildman–Crippen MR) is 85.0 cm³/mol. The smallest absolute Gasteiger partial charge is 0.223 e. The van der Waals surface area contributed by atoms with Crippen LogP contribution in [0.25, 0.3) is 0 Å². The molecule has 1 saturated heterocycles. The van der Waals surface area contributed by atoms with Gasteiger partial charge >= 0.3 is 0 Å². The highest BCUT2D eigenvalue weighted by molar-refractivity contribution is 5.77. The SMILES string of the molecule is Cc1cccc(CN(C(=O)CC2CCCNC2)C2CC2)c1. The molecule has 0 spiro atoms. The number of aryl methyl sites for hydroxylation is 1. The third kappa shape index (κ3) is 4.07. The van der Waals surface area contributed by atoms with Crippen molar-refractivity contribution in [3.05, 3.63) is 35.4 Å². The van der Waals surface area contributed by atoms with Crippen LogP contribution in [-0.2, 0) is 11.3 Å². The van der Waals surface area contributed by atoms with Crippen molar-refractivity contribution >= 4 is 5.91 Å². The normalized spacial score (nSPS) is 22.0. The van der Waals surface area contributed by atoms with Crippen LogP contribution in [0.4, 0.5) is 0 Å². The highest BCUT2D eigenvalue weighted by Crippen LogP contribution is 2.30. The highest BCUT2D eigenvalue weighted by Gasteiger charge is 2.33. The zero-order valence-electron chi connectivity index (χ0n) is 13.0. The van der Waals surface area contributed by atoms with Crippen molar-refractivity contribution in [2.45, 2.75) is 51.6 Å². The van der Waals surface area contributed by atoms with Gasteiger partial charge in [-0.2, -0.15) is 0 Å². The van der Waals surface area contributed by atoms with E-state index >= 15 is 0 Å². The van der Waals surface area contributed by atoms with Gasteiger partial charge in [0.25, 0.3) is 0 Å². The molecule has 1 aromatic rings. The summed E-state index contributed by atoms with van der Waals surface area (Å²) in [7, 11) is 0. The second-order valence-corrected chi connectivity index (χ2v) is 6.66. The van der Waals surface area contributed by atoms with Gasteiger partial charge in [0.05, 0.1) is 0 Å². The van der Waals surface area contributed by atoms with Gasteiger partial charge in [-0.3, -0.25) is 4.79 Å². The molecule has 1 atom stereocenters. The van der Waals surface area contributed by atoms with Crippen molar-refractivity contribution in [1.29, 1.82) is 0 Å². The number of benzene rings is 1. The molecule has 1 amide bonds. The second-order valence-electron chi connectivity index (χ2n) is 6.66. The van der Waals surface area contributed by atoms with E-state index in [2.05, 4.69) is 41.4 Å². The Bertz CT molecular complexity index is 490. The van der Waals surface area contributed by atoms with E-state index in [-0.39, 0.29) is 0 Å². The summed E-state index contributed by atoms with van der Waals surface area (Å²) < 4.78 is 0. The monoisotopic (exact) mass is 286 g/mol. The summed E-state index contributed by atoms with van der Waals surface area (Å²) in [6.45, 7) is 5.01. The molecule has 0 aromatic heterocycles. The van der Waals surface area contributed by atoms with Crippen LogP contribution in [0.15, 0.2) is 24.3 Å². The maximum Gasteiger partial charge on any atom is 0.223 e. The molecule has 3 nitrogen and oxygen atoms in total. The van der Waals surface area contributed by atoms with Crippen LogP contribution in [0.1, 0.15) is 43.2 Å². The maximum atomic E-state index is 12.7. The quantitative estimate of drug-likeness (QED) is 0.902. The Kier molecular flexibility index (Phi) is 4.59. The maximum absolute atomic E-state index is 12.7. The molecular weight excluding hydrogens is 260 g/mol. The summed E-state index contributed by atoms with van der Waals surface area (Å²) in [5, 5.41) is 3.41. The van der Waals surface area contributed by atoms with Crippen LogP contribution in [0, 0.1) is 12.8 Å². The van der Waals surface area contributed by atoms with Gasteiger partial charge in [-0.05, 0) is 57.2 Å². The number of nitrogens with zero attached hydrogens (tertiary/aromatic N) is 1. The number of hydrogen-bond acceptors (Lipinski definition) is 2. The molecule has 0 radical (unpaired) electrons. The molecule has 2 aliphatic rings. The minimum atomic E-state index is 0.354. The van der Waals surface area contributed by atoms with Crippen molar-refractivity contribution in [3.8, 4) is 0 Å². The van der Waals surface area contributed by atoms with E-state index in [0.29, 0.717) is 17.9 Å². The number of nitrogens with one attached hydrogen (secondary N) is 1. The minimum absolute atomic E-state index is 0.354. The van der Waals surface area contributed by atoms with E-state index in [1.54, 1.807) is 0 Å². The van der Waals surface area contributed by atoms with Gasteiger partial charge < -0.3 is 10.2 Å². The fourth-order valence-corrected chi connectivity index (χ4v) is 3.28. The lowest BCUT2D eigenvalue weighted by molar-refractivity contribution is -0.133. The van der Waals surface area contributed by atoms with Crippen LogP contribution in [-0.4, -0.2) is 29.9 Å². The van der Waals surface area contributed by atoms with E-state index in [1.807, 2.05) is 0 Å². The first-order valence-corrected chi connectivity index (χ1v) is 8.28. The molecule has 1 unspecified atom stereocenters. The third-order valence-electron chi connectivity index (χ3n) is 4.61. The zero-order valence-corrected chi connectivity index (χ0v) is 13.0. The molecule has 0 bridgehead atoms. The van der Waals surface area contributed by atoms with E-state index in [1.165, 1.54) is 36.8 Å². The molecule has 2 fully saturated rings. The van der Waals surface area contributed by atoms with Gasteiger partial charge in [-0.15, -0.1) is 0 Å². The van der Waals surface area contributed by atoms with Gasteiger partial charge in [-0.1, -0.05) is 29.8 Å². The Balaban J connectivity index is 1.62. The van der Waals surface area contributed by atoms with Crippen LogP contribution in [0.3, 0.4) is 0 Å². The Morgan fingerprint density at radius 3 is 2.86 bits per heavy atom. The Morgan fingerprint density at radius 2 is 2.19 bits per heavy atom. The third-order valence-corrected chi connectivity index (χ3v) is 4.61. The number of rotatable bonds is 5. The largest absolute Gasteiger partial charge is 0.335 e. The number of carbonyl (C=O) groups excluding carboxylic acids is 1. The van der Waals surface area contributed by atoms with Gasteiger partial charge in [0.2, 0.25) is 5.91 Å². The summed E-state index contributed by atoms with van der Waals surface area (Å²) >= 11 is 0. The van der Waals surface area contributed by atoms with Crippen LogP contribution in [0.5, 0.6) is 0 Å². The first-order chi connectivity index (χ1) is 10.2. The van der Waals surface area contributed by atoms with Gasteiger partial charge in [-0.25, -0.2) is 0 Å². The van der Waals surface area contributed by atoms with Crippen LogP contribution >= 0.6 is 0 Å². The average molecular weight is 286 g/mol. The summed E-state index contributed by atoms with van der Waals surface area (Å²) in [5.74, 6) is 0.887. The molecule has 1 N–H and O–H groups in total. The first-order valence-electron chi connectivity index (χ1n) is 8.28. The predicted octanol–water partition coefficient (Wildman–Crippen LogP) is 2.88. The molecule has 1 heterocycles. The van der Waals surface area contributed by atoms with Crippen molar-refractivity contribution < 1.29 is 4.79 Å². The van der Waals surface area contributed by atoms with Gasteiger partial charge in [0.15, 0.2) is 0 Å². The summed E-state index contributed by atoms with van der Waals surface area (Å²) in [6.07, 6.45) is 5.48. The van der Waals surface area contributed by atoms with Gasteiger partial charge in [0, 0.05) is 19.0 Å². The Labute approximate surface area is 127 Å². The standard InChI is InChI=1S/C18H26N2O/c1-14-4-2-5-16(10-14)13-20(17-7-8-17)18(21)11-15-6-3-9-19-12-15/h2,4-5,10,15,17,19H,3,6-9,11-13H2,1H3. The summed E-state index contributed by atoms with van der Waals surface area (Å²) in [5.41, 5.74) is 2.53.